The van der Waals surface area contributed by atoms with Crippen molar-refractivity contribution < 1.29 is 9.53 Å². The second kappa shape index (κ2) is 5.42. The molecule has 2 aromatic rings. The Balaban J connectivity index is 2.08. The summed E-state index contributed by atoms with van der Waals surface area (Å²) >= 11 is 6.26. The quantitative estimate of drug-likeness (QED) is 0.695. The zero-order valence-electron chi connectivity index (χ0n) is 11.2. The van der Waals surface area contributed by atoms with Gasteiger partial charge in [-0.2, -0.15) is 0 Å². The van der Waals surface area contributed by atoms with E-state index >= 15 is 0 Å². The van der Waals surface area contributed by atoms with Crippen LogP contribution in [-0.2, 0) is 11.2 Å². The van der Waals surface area contributed by atoms with Crippen LogP contribution in [-0.4, -0.2) is 35.1 Å². The number of methoxy groups -OCH3 is 1. The Labute approximate surface area is 121 Å². The monoisotopic (exact) mass is 293 g/mol. The van der Waals surface area contributed by atoms with Crippen molar-refractivity contribution in [1.29, 1.82) is 0 Å². The second-order valence-corrected chi connectivity index (χ2v) is 5.32. The first-order chi connectivity index (χ1) is 9.70. The average Bonchev–Trinajstić information content (AvgIpc) is 3.07. The van der Waals surface area contributed by atoms with Crippen molar-refractivity contribution in [3.63, 3.8) is 0 Å². The number of carbonyl (C=O) groups is 1. The van der Waals surface area contributed by atoms with Crippen molar-refractivity contribution in [3.05, 3.63) is 34.9 Å². The van der Waals surface area contributed by atoms with E-state index in [1.165, 1.54) is 13.5 Å². The van der Waals surface area contributed by atoms with Crippen LogP contribution in [0.4, 0.5) is 0 Å². The first-order valence-electron chi connectivity index (χ1n) is 6.68. The van der Waals surface area contributed by atoms with Crippen LogP contribution in [0.1, 0.15) is 29.2 Å². The van der Waals surface area contributed by atoms with Crippen molar-refractivity contribution >= 4 is 23.1 Å². The van der Waals surface area contributed by atoms with E-state index in [-0.39, 0.29) is 0 Å². The van der Waals surface area contributed by atoms with E-state index in [2.05, 4.69) is 10.3 Å². The topological polar surface area (TPSA) is 55.6 Å². The number of imidazole rings is 1. The molecule has 1 atom stereocenters. The lowest BCUT2D eigenvalue weighted by Gasteiger charge is -2.09. The van der Waals surface area contributed by atoms with E-state index in [0.717, 1.165) is 25.2 Å². The number of esters is 1. The molecular formula is C14H16ClN3O2. The molecule has 0 aliphatic carbocycles. The molecule has 3 rings (SSSR count). The lowest BCUT2D eigenvalue weighted by Crippen LogP contribution is -2.24. The molecule has 1 N–H and O–H groups in total. The van der Waals surface area contributed by atoms with Gasteiger partial charge in [-0.1, -0.05) is 17.7 Å². The fraction of sp³-hybridized carbons (Fsp3) is 0.429. The highest BCUT2D eigenvalue weighted by molar-refractivity contribution is 6.29. The maximum absolute atomic E-state index is 11.8. The van der Waals surface area contributed by atoms with Crippen molar-refractivity contribution in [2.75, 3.05) is 13.7 Å². The SMILES string of the molecule is COC(=O)c1nc(CC2CCCN2)n2c(Cl)cccc12. The van der Waals surface area contributed by atoms with Gasteiger partial charge < -0.3 is 10.1 Å². The van der Waals surface area contributed by atoms with Gasteiger partial charge in [0.1, 0.15) is 11.0 Å². The Morgan fingerprint density at radius 2 is 2.45 bits per heavy atom. The van der Waals surface area contributed by atoms with Crippen LogP contribution < -0.4 is 5.32 Å². The van der Waals surface area contributed by atoms with E-state index in [1.54, 1.807) is 6.07 Å². The summed E-state index contributed by atoms with van der Waals surface area (Å²) in [7, 11) is 1.36. The molecule has 0 spiro atoms. The van der Waals surface area contributed by atoms with Crippen molar-refractivity contribution in [2.24, 2.45) is 0 Å². The number of aromatic nitrogens is 2. The predicted octanol–water partition coefficient (Wildman–Crippen LogP) is 2.07. The molecule has 0 bridgehead atoms. The molecule has 1 unspecified atom stereocenters. The van der Waals surface area contributed by atoms with Crippen LogP contribution in [0.3, 0.4) is 0 Å². The van der Waals surface area contributed by atoms with E-state index < -0.39 is 5.97 Å². The molecule has 1 aliphatic rings. The molecule has 1 saturated heterocycles. The molecule has 0 saturated carbocycles. The number of rotatable bonds is 3. The Bertz CT molecular complexity index is 647. The number of ether oxygens (including phenoxy) is 1. The van der Waals surface area contributed by atoms with Crippen LogP contribution in [0.15, 0.2) is 18.2 Å². The summed E-state index contributed by atoms with van der Waals surface area (Å²) in [6.45, 7) is 1.03. The summed E-state index contributed by atoms with van der Waals surface area (Å²) < 4.78 is 6.62. The minimum Gasteiger partial charge on any atom is -0.464 e. The van der Waals surface area contributed by atoms with E-state index in [0.29, 0.717) is 22.4 Å². The summed E-state index contributed by atoms with van der Waals surface area (Å²) in [6.07, 6.45) is 3.04. The molecule has 6 heteroatoms. The maximum Gasteiger partial charge on any atom is 0.358 e. The van der Waals surface area contributed by atoms with Gasteiger partial charge in [0.25, 0.3) is 0 Å². The molecule has 0 radical (unpaired) electrons. The number of hydrogen-bond donors (Lipinski definition) is 1. The Hall–Kier alpha value is -1.59. The Kier molecular flexibility index (Phi) is 3.63. The highest BCUT2D eigenvalue weighted by atomic mass is 35.5. The van der Waals surface area contributed by atoms with Crippen LogP contribution >= 0.6 is 11.6 Å². The molecule has 20 heavy (non-hydrogen) atoms. The molecule has 1 fully saturated rings. The largest absolute Gasteiger partial charge is 0.464 e. The minimum absolute atomic E-state index is 0.322. The lowest BCUT2D eigenvalue weighted by molar-refractivity contribution is 0.0597. The van der Waals surface area contributed by atoms with E-state index in [4.69, 9.17) is 16.3 Å². The lowest BCUT2D eigenvalue weighted by atomic mass is 10.1. The van der Waals surface area contributed by atoms with Crippen LogP contribution in [0.5, 0.6) is 0 Å². The number of fused-ring (bicyclic) bond motifs is 1. The van der Waals surface area contributed by atoms with Gasteiger partial charge in [0.2, 0.25) is 0 Å². The van der Waals surface area contributed by atoms with Crippen molar-refractivity contribution in [1.82, 2.24) is 14.7 Å². The van der Waals surface area contributed by atoms with Crippen LogP contribution in [0, 0.1) is 0 Å². The molecule has 3 heterocycles. The molecule has 1 aliphatic heterocycles. The highest BCUT2D eigenvalue weighted by Gasteiger charge is 2.22. The van der Waals surface area contributed by atoms with Gasteiger partial charge in [-0.15, -0.1) is 0 Å². The average molecular weight is 294 g/mol. The molecule has 0 amide bonds. The molecule has 2 aromatic heterocycles. The summed E-state index contributed by atoms with van der Waals surface area (Å²) in [5, 5.41) is 3.98. The third-order valence-electron chi connectivity index (χ3n) is 3.65. The predicted molar refractivity (Wildman–Crippen MR) is 76.3 cm³/mol. The zero-order chi connectivity index (χ0) is 14.1. The van der Waals surface area contributed by atoms with Gasteiger partial charge in [-0.25, -0.2) is 9.78 Å². The fourth-order valence-electron chi connectivity index (χ4n) is 2.70. The Morgan fingerprint density at radius 1 is 1.60 bits per heavy atom. The molecule has 5 nitrogen and oxygen atoms in total. The van der Waals surface area contributed by atoms with Gasteiger partial charge in [0, 0.05) is 12.5 Å². The number of nitrogens with one attached hydrogen (secondary N) is 1. The normalized spacial score (nSPS) is 18.6. The number of hydrogen-bond acceptors (Lipinski definition) is 4. The van der Waals surface area contributed by atoms with Crippen molar-refractivity contribution in [3.8, 4) is 0 Å². The first-order valence-corrected chi connectivity index (χ1v) is 7.06. The summed E-state index contributed by atoms with van der Waals surface area (Å²) in [6, 6.07) is 5.82. The van der Waals surface area contributed by atoms with Crippen LogP contribution in [0.2, 0.25) is 5.15 Å². The molecule has 106 valence electrons. The Morgan fingerprint density at radius 3 is 3.15 bits per heavy atom. The fourth-order valence-corrected chi connectivity index (χ4v) is 2.96. The van der Waals surface area contributed by atoms with Crippen LogP contribution in [0.25, 0.3) is 5.52 Å². The first kappa shape index (κ1) is 13.4. The van der Waals surface area contributed by atoms with Gasteiger partial charge in [-0.05, 0) is 31.5 Å². The molecular weight excluding hydrogens is 278 g/mol. The third-order valence-corrected chi connectivity index (χ3v) is 3.95. The number of nitrogens with zero attached hydrogens (tertiary/aromatic N) is 2. The number of carbonyl (C=O) groups excluding carboxylic acids is 1. The highest BCUT2D eigenvalue weighted by Crippen LogP contribution is 2.22. The maximum atomic E-state index is 11.8. The third kappa shape index (κ3) is 2.27. The second-order valence-electron chi connectivity index (χ2n) is 4.93. The summed E-state index contributed by atoms with van der Waals surface area (Å²) in [4.78, 5) is 16.3. The standard InChI is InChI=1S/C14H16ClN3O2/c1-20-14(19)13-10-5-2-6-11(15)18(10)12(17-13)8-9-4-3-7-16-9/h2,5-6,9,16H,3-4,7-8H2,1H3. The summed E-state index contributed by atoms with van der Waals surface area (Å²) in [5.74, 6) is 0.362. The minimum atomic E-state index is -0.435. The molecule has 0 aromatic carbocycles. The van der Waals surface area contributed by atoms with E-state index in [9.17, 15) is 4.79 Å². The van der Waals surface area contributed by atoms with E-state index in [1.807, 2.05) is 16.5 Å². The zero-order valence-corrected chi connectivity index (χ0v) is 12.0. The number of pyridine rings is 1. The van der Waals surface area contributed by atoms with Gasteiger partial charge in [-0.3, -0.25) is 4.40 Å². The number of halogens is 1. The smallest absolute Gasteiger partial charge is 0.358 e. The van der Waals surface area contributed by atoms with Gasteiger partial charge >= 0.3 is 5.97 Å². The summed E-state index contributed by atoms with van der Waals surface area (Å²) in [5.41, 5.74) is 1.01. The van der Waals surface area contributed by atoms with Gasteiger partial charge in [0.05, 0.1) is 12.6 Å². The van der Waals surface area contributed by atoms with Gasteiger partial charge in [0.15, 0.2) is 5.69 Å². The van der Waals surface area contributed by atoms with Crippen molar-refractivity contribution in [2.45, 2.75) is 25.3 Å².